The Morgan fingerprint density at radius 1 is 1.20 bits per heavy atom. The van der Waals surface area contributed by atoms with E-state index in [9.17, 15) is 0 Å². The fourth-order valence-electron chi connectivity index (χ4n) is 3.19. The van der Waals surface area contributed by atoms with Crippen molar-refractivity contribution in [3.05, 3.63) is 35.9 Å². The predicted molar refractivity (Wildman–Crippen MR) is 62.6 cm³/mol. The van der Waals surface area contributed by atoms with Crippen LogP contribution in [0.1, 0.15) is 37.8 Å². The molecule has 1 N–H and O–H groups in total. The van der Waals surface area contributed by atoms with Gasteiger partial charge in [0.2, 0.25) is 0 Å². The fraction of sp³-hybridized carbons (Fsp3) is 0.571. The Hall–Kier alpha value is -0.820. The molecule has 1 aromatic carbocycles. The minimum Gasteiger partial charge on any atom is -0.309 e. The first-order valence-corrected chi connectivity index (χ1v) is 6.09. The highest BCUT2D eigenvalue weighted by atomic mass is 15.0. The van der Waals surface area contributed by atoms with Crippen molar-refractivity contribution in [2.45, 2.75) is 32.2 Å². The molecule has 2 aliphatic rings. The average Bonchev–Trinajstić information content (AvgIpc) is 3.05. The molecule has 2 fully saturated rings. The first-order chi connectivity index (χ1) is 7.31. The molecule has 1 heteroatoms. The monoisotopic (exact) mass is 201 g/mol. The summed E-state index contributed by atoms with van der Waals surface area (Å²) in [5.41, 5.74) is 1.99. The molecule has 0 amide bonds. The van der Waals surface area contributed by atoms with E-state index in [2.05, 4.69) is 42.6 Å². The molecule has 0 aromatic heterocycles. The van der Waals surface area contributed by atoms with E-state index >= 15 is 0 Å². The Kier molecular flexibility index (Phi) is 2.10. The van der Waals surface area contributed by atoms with Crippen LogP contribution in [0.2, 0.25) is 0 Å². The maximum atomic E-state index is 3.68. The van der Waals surface area contributed by atoms with Gasteiger partial charge in [-0.1, -0.05) is 37.3 Å². The maximum Gasteiger partial charge on any atom is 0.0377 e. The van der Waals surface area contributed by atoms with E-state index in [1.807, 2.05) is 0 Å². The van der Waals surface area contributed by atoms with Gasteiger partial charge >= 0.3 is 0 Å². The van der Waals surface area contributed by atoms with Crippen LogP contribution in [0.3, 0.4) is 0 Å². The molecular weight excluding hydrogens is 182 g/mol. The zero-order valence-corrected chi connectivity index (χ0v) is 9.37. The Labute approximate surface area is 91.9 Å². The van der Waals surface area contributed by atoms with Gasteiger partial charge in [0.1, 0.15) is 0 Å². The second-order valence-corrected chi connectivity index (χ2v) is 5.33. The molecule has 15 heavy (non-hydrogen) atoms. The molecule has 1 aliphatic carbocycles. The number of hydrogen-bond acceptors (Lipinski definition) is 1. The number of rotatable bonds is 2. The molecule has 80 valence electrons. The number of benzene rings is 1. The number of hydrogen-bond donors (Lipinski definition) is 1. The van der Waals surface area contributed by atoms with Crippen LogP contribution in [0.25, 0.3) is 0 Å². The second-order valence-electron chi connectivity index (χ2n) is 5.33. The van der Waals surface area contributed by atoms with Crippen molar-refractivity contribution in [2.75, 3.05) is 6.54 Å². The molecule has 3 rings (SSSR count). The van der Waals surface area contributed by atoms with E-state index in [1.165, 1.54) is 31.4 Å². The van der Waals surface area contributed by atoms with Gasteiger partial charge in [0, 0.05) is 6.04 Å². The summed E-state index contributed by atoms with van der Waals surface area (Å²) in [6.07, 6.45) is 4.24. The van der Waals surface area contributed by atoms with E-state index in [-0.39, 0.29) is 0 Å². The third-order valence-corrected chi connectivity index (χ3v) is 4.31. The van der Waals surface area contributed by atoms with E-state index < -0.39 is 0 Å². The van der Waals surface area contributed by atoms with Gasteiger partial charge in [0.15, 0.2) is 0 Å². The molecule has 1 aliphatic heterocycles. The lowest BCUT2D eigenvalue weighted by atomic mass is 9.75. The molecular formula is C14H19N. The predicted octanol–water partition coefficient (Wildman–Crippen LogP) is 3.14. The molecule has 2 atom stereocenters. The zero-order chi connectivity index (χ0) is 10.3. The lowest BCUT2D eigenvalue weighted by molar-refractivity contribution is 0.237. The van der Waals surface area contributed by atoms with E-state index in [0.717, 1.165) is 5.92 Å². The topological polar surface area (TPSA) is 12.0 Å². The molecule has 1 heterocycles. The van der Waals surface area contributed by atoms with E-state index in [4.69, 9.17) is 0 Å². The summed E-state index contributed by atoms with van der Waals surface area (Å²) in [6.45, 7) is 3.66. The van der Waals surface area contributed by atoms with Crippen LogP contribution in [-0.2, 0) is 0 Å². The van der Waals surface area contributed by atoms with Gasteiger partial charge < -0.3 is 5.32 Å². The molecule has 1 aromatic rings. The molecule has 1 saturated heterocycles. The zero-order valence-electron chi connectivity index (χ0n) is 9.37. The molecule has 1 saturated carbocycles. The summed E-state index contributed by atoms with van der Waals surface area (Å²) in [4.78, 5) is 0. The summed E-state index contributed by atoms with van der Waals surface area (Å²) >= 11 is 0. The lowest BCUT2D eigenvalue weighted by Crippen LogP contribution is -2.28. The summed E-state index contributed by atoms with van der Waals surface area (Å²) in [6, 6.07) is 11.5. The van der Waals surface area contributed by atoms with Gasteiger partial charge in [-0.3, -0.25) is 0 Å². The number of nitrogens with one attached hydrogen (secondary N) is 1. The van der Waals surface area contributed by atoms with Crippen molar-refractivity contribution in [2.24, 2.45) is 11.3 Å². The van der Waals surface area contributed by atoms with Crippen LogP contribution in [-0.4, -0.2) is 6.54 Å². The van der Waals surface area contributed by atoms with Gasteiger partial charge in [-0.2, -0.15) is 0 Å². The summed E-state index contributed by atoms with van der Waals surface area (Å²) in [7, 11) is 0. The normalized spacial score (nSPS) is 35.7. The smallest absolute Gasteiger partial charge is 0.0377 e. The van der Waals surface area contributed by atoms with Gasteiger partial charge in [-0.15, -0.1) is 0 Å². The van der Waals surface area contributed by atoms with E-state index in [1.54, 1.807) is 0 Å². The quantitative estimate of drug-likeness (QED) is 0.775. The van der Waals surface area contributed by atoms with Gasteiger partial charge in [0.25, 0.3) is 0 Å². The Bertz CT molecular complexity index is 342. The van der Waals surface area contributed by atoms with Crippen molar-refractivity contribution in [3.63, 3.8) is 0 Å². The SMILES string of the molecule is CC1(C2CC2)CCNC1c1ccccc1. The van der Waals surface area contributed by atoms with Crippen molar-refractivity contribution in [3.8, 4) is 0 Å². The van der Waals surface area contributed by atoms with Crippen LogP contribution in [0.15, 0.2) is 30.3 Å². The van der Waals surface area contributed by atoms with Crippen molar-refractivity contribution < 1.29 is 0 Å². The van der Waals surface area contributed by atoms with Crippen LogP contribution in [0.5, 0.6) is 0 Å². The molecule has 0 spiro atoms. The van der Waals surface area contributed by atoms with Crippen molar-refractivity contribution in [1.82, 2.24) is 5.32 Å². The third-order valence-electron chi connectivity index (χ3n) is 4.31. The first-order valence-electron chi connectivity index (χ1n) is 6.09. The minimum absolute atomic E-state index is 0.515. The van der Waals surface area contributed by atoms with Gasteiger partial charge in [-0.05, 0) is 42.7 Å². The Morgan fingerprint density at radius 2 is 1.93 bits per heavy atom. The summed E-state index contributed by atoms with van der Waals surface area (Å²) in [5, 5.41) is 3.68. The van der Waals surface area contributed by atoms with Crippen LogP contribution in [0, 0.1) is 11.3 Å². The summed E-state index contributed by atoms with van der Waals surface area (Å²) in [5.74, 6) is 0.970. The molecule has 0 bridgehead atoms. The fourth-order valence-corrected chi connectivity index (χ4v) is 3.19. The molecule has 2 unspecified atom stereocenters. The first kappa shape index (κ1) is 9.41. The molecule has 0 radical (unpaired) electrons. The van der Waals surface area contributed by atoms with Gasteiger partial charge in [-0.25, -0.2) is 0 Å². The van der Waals surface area contributed by atoms with Crippen molar-refractivity contribution in [1.29, 1.82) is 0 Å². The average molecular weight is 201 g/mol. The van der Waals surface area contributed by atoms with Gasteiger partial charge in [0.05, 0.1) is 0 Å². The standard InChI is InChI=1S/C14H19N/c1-14(12-7-8-12)9-10-15-13(14)11-5-3-2-4-6-11/h2-6,12-13,15H,7-10H2,1H3. The highest BCUT2D eigenvalue weighted by Gasteiger charge is 2.49. The van der Waals surface area contributed by atoms with Crippen LogP contribution < -0.4 is 5.32 Å². The highest BCUT2D eigenvalue weighted by molar-refractivity contribution is 5.24. The van der Waals surface area contributed by atoms with Crippen molar-refractivity contribution >= 4 is 0 Å². The highest BCUT2D eigenvalue weighted by Crippen LogP contribution is 2.56. The maximum absolute atomic E-state index is 3.68. The Morgan fingerprint density at radius 3 is 2.60 bits per heavy atom. The van der Waals surface area contributed by atoms with Crippen LogP contribution in [0.4, 0.5) is 0 Å². The third kappa shape index (κ3) is 1.50. The lowest BCUT2D eigenvalue weighted by Gasteiger charge is -2.31. The van der Waals surface area contributed by atoms with Crippen LogP contribution >= 0.6 is 0 Å². The largest absolute Gasteiger partial charge is 0.309 e. The second kappa shape index (κ2) is 3.34. The van der Waals surface area contributed by atoms with E-state index in [0.29, 0.717) is 11.5 Å². The minimum atomic E-state index is 0.515. The summed E-state index contributed by atoms with van der Waals surface area (Å²) < 4.78 is 0. The Balaban J connectivity index is 1.91. The molecule has 1 nitrogen and oxygen atoms in total.